The van der Waals surface area contributed by atoms with E-state index in [1.54, 1.807) is 11.0 Å². The molecule has 0 spiro atoms. The fourth-order valence-electron chi connectivity index (χ4n) is 1.53. The number of anilines is 2. The highest BCUT2D eigenvalue weighted by Gasteiger charge is 2.13. The summed E-state index contributed by atoms with van der Waals surface area (Å²) in [5.74, 6) is 2.22. The molecule has 0 bridgehead atoms. The molecular formula is C13H18N6. The lowest BCUT2D eigenvalue weighted by molar-refractivity contribution is 0.765. The topological polar surface area (TPSA) is 88.6 Å². The van der Waals surface area contributed by atoms with Crippen LogP contribution in [-0.2, 0) is 0 Å². The lowest BCUT2D eigenvalue weighted by atomic mass is 10.2. The van der Waals surface area contributed by atoms with E-state index in [2.05, 4.69) is 15.3 Å². The highest BCUT2D eigenvalue weighted by molar-refractivity contribution is 5.50. The van der Waals surface area contributed by atoms with Gasteiger partial charge in [0.05, 0.1) is 12.1 Å². The molecule has 0 aromatic carbocycles. The molecule has 6 heteroatoms. The summed E-state index contributed by atoms with van der Waals surface area (Å²) in [6.45, 7) is 7.02. The van der Waals surface area contributed by atoms with Gasteiger partial charge in [0.2, 0.25) is 0 Å². The van der Waals surface area contributed by atoms with Gasteiger partial charge in [-0.25, -0.2) is 9.97 Å². The van der Waals surface area contributed by atoms with Crippen molar-refractivity contribution in [2.45, 2.75) is 26.7 Å². The van der Waals surface area contributed by atoms with Gasteiger partial charge in [-0.1, -0.05) is 13.8 Å². The van der Waals surface area contributed by atoms with Gasteiger partial charge in [0, 0.05) is 18.5 Å². The molecule has 1 rings (SSSR count). The molecular weight excluding hydrogens is 240 g/mol. The second kappa shape index (κ2) is 7.17. The van der Waals surface area contributed by atoms with E-state index < -0.39 is 0 Å². The smallest absolute Gasteiger partial charge is 0.136 e. The SMILES string of the molecule is CCNc1cc(N(CC#N)CC#N)nc(C(C)C)n1. The molecule has 0 radical (unpaired) electrons. The van der Waals surface area contributed by atoms with Crippen molar-refractivity contribution in [3.8, 4) is 12.1 Å². The molecule has 1 aromatic heterocycles. The molecule has 1 aromatic rings. The van der Waals surface area contributed by atoms with Crippen molar-refractivity contribution in [1.29, 1.82) is 10.5 Å². The van der Waals surface area contributed by atoms with E-state index in [4.69, 9.17) is 10.5 Å². The van der Waals surface area contributed by atoms with Gasteiger partial charge in [0.1, 0.15) is 30.5 Å². The van der Waals surface area contributed by atoms with Crippen LogP contribution in [0.2, 0.25) is 0 Å². The van der Waals surface area contributed by atoms with Gasteiger partial charge in [0.25, 0.3) is 0 Å². The van der Waals surface area contributed by atoms with E-state index in [9.17, 15) is 0 Å². The summed E-state index contributed by atoms with van der Waals surface area (Å²) in [5.41, 5.74) is 0. The van der Waals surface area contributed by atoms with Gasteiger partial charge in [-0.15, -0.1) is 0 Å². The molecule has 1 N–H and O–H groups in total. The Labute approximate surface area is 113 Å². The zero-order valence-corrected chi connectivity index (χ0v) is 11.5. The molecule has 0 saturated carbocycles. The second-order valence-electron chi connectivity index (χ2n) is 4.33. The molecule has 6 nitrogen and oxygen atoms in total. The zero-order valence-electron chi connectivity index (χ0n) is 11.5. The van der Waals surface area contributed by atoms with Crippen LogP contribution < -0.4 is 10.2 Å². The van der Waals surface area contributed by atoms with Crippen molar-refractivity contribution in [3.63, 3.8) is 0 Å². The second-order valence-corrected chi connectivity index (χ2v) is 4.33. The summed E-state index contributed by atoms with van der Waals surface area (Å²) in [6.07, 6.45) is 0. The van der Waals surface area contributed by atoms with Crippen LogP contribution in [0, 0.1) is 22.7 Å². The fraction of sp³-hybridized carbons (Fsp3) is 0.538. The average molecular weight is 258 g/mol. The Morgan fingerprint density at radius 2 is 1.89 bits per heavy atom. The number of nitrogens with one attached hydrogen (secondary N) is 1. The maximum absolute atomic E-state index is 8.82. The first-order valence-corrected chi connectivity index (χ1v) is 6.24. The Morgan fingerprint density at radius 3 is 2.37 bits per heavy atom. The first-order valence-electron chi connectivity index (χ1n) is 6.24. The Morgan fingerprint density at radius 1 is 1.26 bits per heavy atom. The van der Waals surface area contributed by atoms with Crippen molar-refractivity contribution >= 4 is 11.6 Å². The van der Waals surface area contributed by atoms with E-state index in [0.717, 1.165) is 12.4 Å². The summed E-state index contributed by atoms with van der Waals surface area (Å²) < 4.78 is 0. The van der Waals surface area contributed by atoms with Crippen LogP contribution in [0.5, 0.6) is 0 Å². The highest BCUT2D eigenvalue weighted by atomic mass is 15.2. The molecule has 0 aliphatic carbocycles. The standard InChI is InChI=1S/C13H18N6/c1-4-16-11-9-12(18-13(17-11)10(2)3)19(7-5-14)8-6-15/h9-10H,4,7-8H2,1-3H3,(H,16,17,18). The summed E-state index contributed by atoms with van der Waals surface area (Å²) in [4.78, 5) is 10.5. The number of nitrogens with zero attached hydrogens (tertiary/aromatic N) is 5. The number of hydrogen-bond acceptors (Lipinski definition) is 6. The zero-order chi connectivity index (χ0) is 14.3. The van der Waals surface area contributed by atoms with E-state index in [1.807, 2.05) is 32.9 Å². The molecule has 0 fully saturated rings. The predicted molar refractivity (Wildman–Crippen MR) is 73.7 cm³/mol. The van der Waals surface area contributed by atoms with Crippen LogP contribution in [0.4, 0.5) is 11.6 Å². The van der Waals surface area contributed by atoms with Crippen molar-refractivity contribution in [2.75, 3.05) is 29.9 Å². The molecule has 1 heterocycles. The predicted octanol–water partition coefficient (Wildman–Crippen LogP) is 1.89. The van der Waals surface area contributed by atoms with Gasteiger partial charge < -0.3 is 10.2 Å². The maximum Gasteiger partial charge on any atom is 0.136 e. The summed E-state index contributed by atoms with van der Waals surface area (Å²) in [7, 11) is 0. The Bertz CT molecular complexity index is 481. The van der Waals surface area contributed by atoms with E-state index in [0.29, 0.717) is 11.6 Å². The molecule has 0 aliphatic rings. The molecule has 100 valence electrons. The Balaban J connectivity index is 3.16. The van der Waals surface area contributed by atoms with Crippen molar-refractivity contribution in [3.05, 3.63) is 11.9 Å². The molecule has 0 saturated heterocycles. The van der Waals surface area contributed by atoms with E-state index in [-0.39, 0.29) is 19.0 Å². The first kappa shape index (κ1) is 14.7. The average Bonchev–Trinajstić information content (AvgIpc) is 2.38. The van der Waals surface area contributed by atoms with Gasteiger partial charge in [-0.05, 0) is 6.92 Å². The third kappa shape index (κ3) is 4.11. The van der Waals surface area contributed by atoms with Gasteiger partial charge in [0.15, 0.2) is 0 Å². The third-order valence-corrected chi connectivity index (χ3v) is 2.45. The van der Waals surface area contributed by atoms with Crippen LogP contribution in [0.15, 0.2) is 6.07 Å². The fourth-order valence-corrected chi connectivity index (χ4v) is 1.53. The third-order valence-electron chi connectivity index (χ3n) is 2.45. The number of hydrogen-bond donors (Lipinski definition) is 1. The monoisotopic (exact) mass is 258 g/mol. The van der Waals surface area contributed by atoms with Gasteiger partial charge in [-0.2, -0.15) is 10.5 Å². The molecule has 0 aliphatic heterocycles. The van der Waals surface area contributed by atoms with Crippen LogP contribution in [0.3, 0.4) is 0 Å². The van der Waals surface area contributed by atoms with Crippen LogP contribution in [0.25, 0.3) is 0 Å². The minimum atomic E-state index is 0.133. The number of nitriles is 2. The lowest BCUT2D eigenvalue weighted by Crippen LogP contribution is -2.25. The Kier molecular flexibility index (Phi) is 5.56. The quantitative estimate of drug-likeness (QED) is 0.784. The number of rotatable bonds is 6. The summed E-state index contributed by atoms with van der Waals surface area (Å²) in [5, 5.41) is 20.8. The van der Waals surface area contributed by atoms with Crippen LogP contribution >= 0.6 is 0 Å². The minimum absolute atomic E-state index is 0.133. The highest BCUT2D eigenvalue weighted by Crippen LogP contribution is 2.19. The van der Waals surface area contributed by atoms with Crippen molar-refractivity contribution in [1.82, 2.24) is 9.97 Å². The molecule has 0 unspecified atom stereocenters. The number of aromatic nitrogens is 2. The molecule has 0 atom stereocenters. The van der Waals surface area contributed by atoms with Gasteiger partial charge in [-0.3, -0.25) is 0 Å². The van der Waals surface area contributed by atoms with Gasteiger partial charge >= 0.3 is 0 Å². The first-order chi connectivity index (χ1) is 9.12. The van der Waals surface area contributed by atoms with Crippen molar-refractivity contribution in [2.24, 2.45) is 0 Å². The van der Waals surface area contributed by atoms with Crippen LogP contribution in [0.1, 0.15) is 32.5 Å². The summed E-state index contributed by atoms with van der Waals surface area (Å²) in [6, 6.07) is 5.86. The largest absolute Gasteiger partial charge is 0.370 e. The molecule has 19 heavy (non-hydrogen) atoms. The Hall–Kier alpha value is -2.34. The van der Waals surface area contributed by atoms with E-state index in [1.165, 1.54) is 0 Å². The minimum Gasteiger partial charge on any atom is -0.370 e. The van der Waals surface area contributed by atoms with E-state index >= 15 is 0 Å². The molecule has 0 amide bonds. The summed E-state index contributed by atoms with van der Waals surface area (Å²) >= 11 is 0. The van der Waals surface area contributed by atoms with Crippen LogP contribution in [-0.4, -0.2) is 29.6 Å². The normalized spacial score (nSPS) is 9.79. The lowest BCUT2D eigenvalue weighted by Gasteiger charge is -2.19. The maximum atomic E-state index is 8.82. The van der Waals surface area contributed by atoms with Crippen molar-refractivity contribution < 1.29 is 0 Å².